The molecule has 0 saturated carbocycles. The van der Waals surface area contributed by atoms with Crippen LogP contribution in [0.2, 0.25) is 0 Å². The van der Waals surface area contributed by atoms with E-state index in [-0.39, 0.29) is 19.0 Å². The summed E-state index contributed by atoms with van der Waals surface area (Å²) in [7, 11) is 1.50. The molecule has 0 radical (unpaired) electrons. The second-order valence-electron chi connectivity index (χ2n) is 5.89. The Balaban J connectivity index is 1.87. The van der Waals surface area contributed by atoms with Crippen LogP contribution in [0.4, 0.5) is 4.79 Å². The Bertz CT molecular complexity index is 736. The minimum Gasteiger partial charge on any atom is -0.480 e. The first-order chi connectivity index (χ1) is 11.3. The van der Waals surface area contributed by atoms with Gasteiger partial charge in [-0.15, -0.1) is 15.3 Å². The predicted octanol–water partition coefficient (Wildman–Crippen LogP) is 0.274. The molecule has 2 N–H and O–H groups in total. The number of hydrogen-bond acceptors (Lipinski definition) is 7. The van der Waals surface area contributed by atoms with E-state index in [9.17, 15) is 9.59 Å². The summed E-state index contributed by atoms with van der Waals surface area (Å²) in [6.07, 6.45) is -0.656. The van der Waals surface area contributed by atoms with E-state index in [1.165, 1.54) is 11.6 Å². The third-order valence-corrected chi connectivity index (χ3v) is 2.75. The van der Waals surface area contributed by atoms with Gasteiger partial charge in [-0.05, 0) is 26.8 Å². The first-order valence-corrected chi connectivity index (χ1v) is 7.27. The van der Waals surface area contributed by atoms with E-state index in [2.05, 4.69) is 25.9 Å². The number of nitrogens with one attached hydrogen (secondary N) is 2. The third-order valence-electron chi connectivity index (χ3n) is 2.75. The Labute approximate surface area is 138 Å². The highest BCUT2D eigenvalue weighted by atomic mass is 16.6. The van der Waals surface area contributed by atoms with Crippen molar-refractivity contribution in [1.82, 2.24) is 30.4 Å². The summed E-state index contributed by atoms with van der Waals surface area (Å²) in [6.45, 7) is 5.12. The van der Waals surface area contributed by atoms with Crippen LogP contribution in [-0.2, 0) is 16.1 Å². The molecule has 2 aromatic rings. The summed E-state index contributed by atoms with van der Waals surface area (Å²) in [5, 5.41) is 17.1. The average Bonchev–Trinajstić information content (AvgIpc) is 2.91. The van der Waals surface area contributed by atoms with Crippen LogP contribution < -0.4 is 15.4 Å². The molecule has 0 aliphatic rings. The van der Waals surface area contributed by atoms with Crippen molar-refractivity contribution in [1.29, 1.82) is 0 Å². The Morgan fingerprint density at radius 1 is 1.21 bits per heavy atom. The second kappa shape index (κ2) is 7.11. The normalized spacial score (nSPS) is 11.2. The van der Waals surface area contributed by atoms with E-state index in [1.807, 2.05) is 0 Å². The molecule has 0 unspecified atom stereocenters. The van der Waals surface area contributed by atoms with E-state index in [0.29, 0.717) is 17.4 Å². The lowest BCUT2D eigenvalue weighted by Gasteiger charge is -2.19. The molecule has 2 amide bonds. The molecule has 0 atom stereocenters. The fourth-order valence-corrected chi connectivity index (χ4v) is 1.74. The van der Waals surface area contributed by atoms with E-state index in [0.717, 1.165) is 0 Å². The van der Waals surface area contributed by atoms with Crippen molar-refractivity contribution in [2.75, 3.05) is 13.7 Å². The van der Waals surface area contributed by atoms with Crippen molar-refractivity contribution in [3.8, 4) is 5.88 Å². The Kier molecular flexibility index (Phi) is 5.17. The molecule has 2 aromatic heterocycles. The standard InChI is InChI=1S/C14H20N6O4/c1-14(2,3)24-13(22)16-8-11(21)15-7-10-18-17-9-5-6-12(23-4)19-20(9)10/h5-6H,7-8H2,1-4H3,(H,15,21)(H,16,22). The average molecular weight is 336 g/mol. The number of nitrogens with zero attached hydrogens (tertiary/aromatic N) is 4. The minimum atomic E-state index is -0.656. The van der Waals surface area contributed by atoms with Gasteiger partial charge >= 0.3 is 6.09 Å². The molecule has 0 spiro atoms. The molecule has 0 fully saturated rings. The van der Waals surface area contributed by atoms with Gasteiger partial charge in [0, 0.05) is 6.07 Å². The molecule has 10 nitrogen and oxygen atoms in total. The highest BCUT2D eigenvalue weighted by molar-refractivity contribution is 5.82. The van der Waals surface area contributed by atoms with Crippen LogP contribution in [0, 0.1) is 0 Å². The Morgan fingerprint density at radius 2 is 1.96 bits per heavy atom. The fourth-order valence-electron chi connectivity index (χ4n) is 1.74. The smallest absolute Gasteiger partial charge is 0.408 e. The van der Waals surface area contributed by atoms with Crippen LogP contribution in [0.1, 0.15) is 26.6 Å². The van der Waals surface area contributed by atoms with E-state index >= 15 is 0 Å². The van der Waals surface area contributed by atoms with Gasteiger partial charge in [-0.2, -0.15) is 4.52 Å². The number of carbonyl (C=O) groups is 2. The summed E-state index contributed by atoms with van der Waals surface area (Å²) in [4.78, 5) is 23.3. The Hall–Kier alpha value is -2.91. The topological polar surface area (TPSA) is 120 Å². The third kappa shape index (κ3) is 4.80. The van der Waals surface area contributed by atoms with Gasteiger partial charge in [0.05, 0.1) is 13.7 Å². The van der Waals surface area contributed by atoms with Gasteiger partial charge < -0.3 is 20.1 Å². The zero-order chi connectivity index (χ0) is 17.7. The van der Waals surface area contributed by atoms with Crippen molar-refractivity contribution >= 4 is 17.6 Å². The van der Waals surface area contributed by atoms with E-state index in [4.69, 9.17) is 9.47 Å². The van der Waals surface area contributed by atoms with Gasteiger partial charge in [0.25, 0.3) is 0 Å². The maximum Gasteiger partial charge on any atom is 0.408 e. The summed E-state index contributed by atoms with van der Waals surface area (Å²) >= 11 is 0. The predicted molar refractivity (Wildman–Crippen MR) is 83.4 cm³/mol. The van der Waals surface area contributed by atoms with Crippen LogP contribution in [0.5, 0.6) is 5.88 Å². The van der Waals surface area contributed by atoms with Crippen LogP contribution in [0.15, 0.2) is 12.1 Å². The molecule has 0 aliphatic carbocycles. The number of fused-ring (bicyclic) bond motifs is 1. The van der Waals surface area contributed by atoms with Gasteiger partial charge in [-0.25, -0.2) is 4.79 Å². The summed E-state index contributed by atoms with van der Waals surface area (Å²) in [5.41, 5.74) is -0.0851. The number of rotatable bonds is 5. The number of methoxy groups -OCH3 is 1. The largest absolute Gasteiger partial charge is 0.480 e. The van der Waals surface area contributed by atoms with Crippen molar-refractivity contribution in [3.63, 3.8) is 0 Å². The van der Waals surface area contributed by atoms with E-state index in [1.54, 1.807) is 32.9 Å². The number of aromatic nitrogens is 4. The first kappa shape index (κ1) is 17.4. The summed E-state index contributed by atoms with van der Waals surface area (Å²) < 4.78 is 11.6. The maximum absolute atomic E-state index is 11.8. The number of amides is 2. The maximum atomic E-state index is 11.8. The first-order valence-electron chi connectivity index (χ1n) is 7.27. The molecule has 0 bridgehead atoms. The summed E-state index contributed by atoms with van der Waals surface area (Å²) in [6, 6.07) is 3.37. The lowest BCUT2D eigenvalue weighted by molar-refractivity contribution is -0.120. The second-order valence-corrected chi connectivity index (χ2v) is 5.89. The molecule has 2 rings (SSSR count). The van der Waals surface area contributed by atoms with Crippen molar-refractivity contribution in [2.45, 2.75) is 32.9 Å². The molecule has 10 heteroatoms. The molecule has 0 aliphatic heterocycles. The lowest BCUT2D eigenvalue weighted by Crippen LogP contribution is -2.39. The molecule has 130 valence electrons. The fraction of sp³-hybridized carbons (Fsp3) is 0.500. The number of alkyl carbamates (subject to hydrolysis) is 1. The zero-order valence-electron chi connectivity index (χ0n) is 14.0. The van der Waals surface area contributed by atoms with E-state index < -0.39 is 11.7 Å². The minimum absolute atomic E-state index is 0.107. The monoisotopic (exact) mass is 336 g/mol. The van der Waals surface area contributed by atoms with Crippen molar-refractivity contribution in [2.24, 2.45) is 0 Å². The van der Waals surface area contributed by atoms with Crippen LogP contribution in [0.25, 0.3) is 5.65 Å². The molecular formula is C14H20N6O4. The Morgan fingerprint density at radius 3 is 2.62 bits per heavy atom. The van der Waals surface area contributed by atoms with Crippen LogP contribution in [-0.4, -0.2) is 51.1 Å². The number of ether oxygens (including phenoxy) is 2. The van der Waals surface area contributed by atoms with Gasteiger partial charge in [-0.1, -0.05) is 0 Å². The van der Waals surface area contributed by atoms with Crippen molar-refractivity contribution < 1.29 is 19.1 Å². The number of carbonyl (C=O) groups excluding carboxylic acids is 2. The van der Waals surface area contributed by atoms with Crippen LogP contribution in [0.3, 0.4) is 0 Å². The van der Waals surface area contributed by atoms with Gasteiger partial charge in [0.2, 0.25) is 11.8 Å². The number of hydrogen-bond donors (Lipinski definition) is 2. The quantitative estimate of drug-likeness (QED) is 0.804. The zero-order valence-corrected chi connectivity index (χ0v) is 14.0. The molecule has 0 saturated heterocycles. The highest BCUT2D eigenvalue weighted by Crippen LogP contribution is 2.08. The molecule has 0 aromatic carbocycles. The molecular weight excluding hydrogens is 316 g/mol. The van der Waals surface area contributed by atoms with Crippen LogP contribution >= 0.6 is 0 Å². The SMILES string of the molecule is COc1ccc2nnc(CNC(=O)CNC(=O)OC(C)(C)C)n2n1. The highest BCUT2D eigenvalue weighted by Gasteiger charge is 2.16. The van der Waals surface area contributed by atoms with Gasteiger partial charge in [-0.3, -0.25) is 4.79 Å². The van der Waals surface area contributed by atoms with Crippen molar-refractivity contribution in [3.05, 3.63) is 18.0 Å². The van der Waals surface area contributed by atoms with Gasteiger partial charge in [0.15, 0.2) is 11.5 Å². The van der Waals surface area contributed by atoms with Gasteiger partial charge in [0.1, 0.15) is 12.1 Å². The molecule has 2 heterocycles. The molecule has 24 heavy (non-hydrogen) atoms. The summed E-state index contributed by atoms with van der Waals surface area (Å²) in [5.74, 6) is 0.455. The lowest BCUT2D eigenvalue weighted by atomic mass is 10.2.